The molecule has 0 aromatic heterocycles. The lowest BCUT2D eigenvalue weighted by atomic mass is 9.81. The van der Waals surface area contributed by atoms with E-state index in [1.807, 2.05) is 0 Å². The number of hydrogen-bond acceptors (Lipinski definition) is 2. The number of hydrogen-bond donors (Lipinski definition) is 0. The minimum Gasteiger partial charge on any atom is -0.414 e. The van der Waals surface area contributed by atoms with E-state index in [0.717, 1.165) is 35.1 Å². The van der Waals surface area contributed by atoms with Gasteiger partial charge in [-0.1, -0.05) is 79.7 Å². The molecule has 0 N–H and O–H groups in total. The molecule has 0 spiro atoms. The summed E-state index contributed by atoms with van der Waals surface area (Å²) in [5, 5.41) is 0. The maximum atomic E-state index is 15.1. The summed E-state index contributed by atoms with van der Waals surface area (Å²) in [5.74, 6) is 1.32. The van der Waals surface area contributed by atoms with Gasteiger partial charge in [0.15, 0.2) is 0 Å². The van der Waals surface area contributed by atoms with Crippen molar-refractivity contribution >= 4 is 8.69 Å². The van der Waals surface area contributed by atoms with Crippen molar-refractivity contribution in [2.75, 3.05) is 0 Å². The van der Waals surface area contributed by atoms with E-state index in [1.54, 1.807) is 0 Å². The van der Waals surface area contributed by atoms with Crippen LogP contribution in [0.5, 0.6) is 11.5 Å². The lowest BCUT2D eigenvalue weighted by Crippen LogP contribution is -2.18. The summed E-state index contributed by atoms with van der Waals surface area (Å²) in [7, 11) is -2.56. The topological polar surface area (TPSA) is 18.5 Å². The fraction of sp³-hybridized carbons (Fsp3) is 0.520. The summed E-state index contributed by atoms with van der Waals surface area (Å²) in [6.45, 7) is 17.2. The van der Waals surface area contributed by atoms with Crippen LogP contribution in [0.2, 0.25) is 0 Å². The molecular weight excluding hydrogens is 382 g/mol. The van der Waals surface area contributed by atoms with E-state index in [0.29, 0.717) is 17.9 Å². The van der Waals surface area contributed by atoms with Gasteiger partial charge in [-0.25, -0.2) is 0 Å². The predicted octanol–water partition coefficient (Wildman–Crippen LogP) is 7.96. The van der Waals surface area contributed by atoms with Gasteiger partial charge < -0.3 is 9.05 Å². The molecule has 0 atom stereocenters. The van der Waals surface area contributed by atoms with E-state index < -0.39 is 8.69 Å². The Labute approximate surface area is 176 Å². The summed E-state index contributed by atoms with van der Waals surface area (Å²) in [6.07, 6.45) is 2.56. The maximum Gasteiger partial charge on any atom is 0.505 e. The van der Waals surface area contributed by atoms with Gasteiger partial charge in [-0.3, -0.25) is 0 Å². The zero-order valence-electron chi connectivity index (χ0n) is 19.1. The zero-order chi connectivity index (χ0) is 21.6. The smallest absolute Gasteiger partial charge is 0.414 e. The molecule has 1 aliphatic heterocycles. The number of rotatable bonds is 2. The van der Waals surface area contributed by atoms with Gasteiger partial charge in [0, 0.05) is 17.5 Å². The van der Waals surface area contributed by atoms with Crippen LogP contribution in [0.15, 0.2) is 24.3 Å². The molecule has 1 heterocycles. The van der Waals surface area contributed by atoms with Crippen molar-refractivity contribution in [1.82, 2.24) is 0 Å². The number of fused-ring (bicyclic) bond motifs is 2. The SMILES string of the molecule is CCc1cc2c(c(C(C)(C)C)c1)OP(F)Oc1c(cc(CC)cc1C(C)(C)C)C2. The molecule has 0 amide bonds. The van der Waals surface area contributed by atoms with Gasteiger partial charge in [-0.15, -0.1) is 4.20 Å². The molecule has 0 unspecified atom stereocenters. The van der Waals surface area contributed by atoms with Crippen LogP contribution >= 0.6 is 8.69 Å². The highest BCUT2D eigenvalue weighted by atomic mass is 31.2. The molecule has 0 saturated carbocycles. The van der Waals surface area contributed by atoms with Gasteiger partial charge in [-0.2, -0.15) is 0 Å². The van der Waals surface area contributed by atoms with Gasteiger partial charge in [0.05, 0.1) is 0 Å². The van der Waals surface area contributed by atoms with Gasteiger partial charge >= 0.3 is 8.69 Å². The Hall–Kier alpha value is -1.60. The van der Waals surface area contributed by atoms with Crippen LogP contribution < -0.4 is 9.05 Å². The Bertz CT molecular complexity index is 833. The quantitative estimate of drug-likeness (QED) is 0.462. The lowest BCUT2D eigenvalue weighted by molar-refractivity contribution is 0.410. The summed E-state index contributed by atoms with van der Waals surface area (Å²) < 4.78 is 26.8. The average molecular weight is 417 g/mol. The van der Waals surface area contributed by atoms with E-state index in [-0.39, 0.29) is 10.8 Å². The Morgan fingerprint density at radius 1 is 0.759 bits per heavy atom. The molecule has 1 aliphatic rings. The molecule has 158 valence electrons. The van der Waals surface area contributed by atoms with Crippen LogP contribution in [-0.2, 0) is 30.1 Å². The molecule has 0 saturated heterocycles. The normalized spacial score (nSPS) is 14.9. The fourth-order valence-electron chi connectivity index (χ4n) is 3.88. The number of benzene rings is 2. The third-order valence-corrected chi connectivity index (χ3v) is 6.24. The second-order valence-corrected chi connectivity index (χ2v) is 10.8. The molecule has 0 fully saturated rings. The van der Waals surface area contributed by atoms with Crippen LogP contribution in [0.25, 0.3) is 0 Å². The van der Waals surface area contributed by atoms with Gasteiger partial charge in [0.2, 0.25) is 0 Å². The molecule has 4 heteroatoms. The second-order valence-electron chi connectivity index (χ2n) is 10.0. The first-order valence-electron chi connectivity index (χ1n) is 10.6. The van der Waals surface area contributed by atoms with Crippen molar-refractivity contribution in [3.8, 4) is 11.5 Å². The molecule has 3 rings (SSSR count). The van der Waals surface area contributed by atoms with E-state index >= 15 is 4.20 Å². The summed E-state index contributed by atoms with van der Waals surface area (Å²) >= 11 is 0. The molecule has 2 aromatic carbocycles. The number of halogens is 1. The van der Waals surface area contributed by atoms with Gasteiger partial charge in [-0.05, 0) is 45.9 Å². The maximum absolute atomic E-state index is 15.1. The first kappa shape index (κ1) is 22.1. The summed E-state index contributed by atoms with van der Waals surface area (Å²) in [5.41, 5.74) is 6.43. The standard InChI is InChI=1S/C25H34FO2P/c1-9-16-11-18-15-19-12-17(10-2)14-21(25(6,7)8)23(19)28-29(26)27-22(18)20(13-16)24(3,4)5/h11-14H,9-10,15H2,1-8H3. The largest absolute Gasteiger partial charge is 0.505 e. The molecule has 0 aliphatic carbocycles. The average Bonchev–Trinajstić information content (AvgIpc) is 2.60. The third kappa shape index (κ3) is 4.61. The summed E-state index contributed by atoms with van der Waals surface area (Å²) in [6, 6.07) is 8.68. The Balaban J connectivity index is 2.28. The van der Waals surface area contributed by atoms with Crippen LogP contribution in [-0.4, -0.2) is 0 Å². The zero-order valence-corrected chi connectivity index (χ0v) is 20.0. The highest BCUT2D eigenvalue weighted by molar-refractivity contribution is 7.42. The minimum atomic E-state index is -2.56. The van der Waals surface area contributed by atoms with Crippen LogP contribution in [0.1, 0.15) is 88.8 Å². The predicted molar refractivity (Wildman–Crippen MR) is 121 cm³/mol. The number of aryl methyl sites for hydroxylation is 2. The first-order chi connectivity index (χ1) is 13.4. The highest BCUT2D eigenvalue weighted by Gasteiger charge is 2.32. The van der Waals surface area contributed by atoms with Crippen LogP contribution in [0, 0.1) is 0 Å². The van der Waals surface area contributed by atoms with Crippen LogP contribution in [0.3, 0.4) is 0 Å². The van der Waals surface area contributed by atoms with Crippen molar-refractivity contribution in [2.24, 2.45) is 0 Å². The van der Waals surface area contributed by atoms with Gasteiger partial charge in [0.1, 0.15) is 11.5 Å². The minimum absolute atomic E-state index is 0.144. The van der Waals surface area contributed by atoms with E-state index in [9.17, 15) is 0 Å². The first-order valence-corrected chi connectivity index (χ1v) is 11.6. The molecule has 2 nitrogen and oxygen atoms in total. The Morgan fingerprint density at radius 3 is 1.45 bits per heavy atom. The van der Waals surface area contributed by atoms with Crippen LogP contribution in [0.4, 0.5) is 4.20 Å². The Morgan fingerprint density at radius 2 is 1.14 bits per heavy atom. The molecule has 29 heavy (non-hydrogen) atoms. The molecular formula is C25H34FO2P. The summed E-state index contributed by atoms with van der Waals surface area (Å²) in [4.78, 5) is 0. The van der Waals surface area contributed by atoms with Crippen molar-refractivity contribution < 1.29 is 13.2 Å². The lowest BCUT2D eigenvalue weighted by Gasteiger charge is -2.31. The monoisotopic (exact) mass is 416 g/mol. The third-order valence-electron chi connectivity index (χ3n) is 5.59. The molecule has 0 bridgehead atoms. The van der Waals surface area contributed by atoms with Crippen molar-refractivity contribution in [3.63, 3.8) is 0 Å². The van der Waals surface area contributed by atoms with E-state index in [1.165, 1.54) is 11.1 Å². The van der Waals surface area contributed by atoms with E-state index in [4.69, 9.17) is 9.05 Å². The van der Waals surface area contributed by atoms with E-state index in [2.05, 4.69) is 79.7 Å². The molecule has 0 radical (unpaired) electrons. The van der Waals surface area contributed by atoms with Crippen molar-refractivity contribution in [1.29, 1.82) is 0 Å². The fourth-order valence-corrected chi connectivity index (χ4v) is 4.63. The Kier molecular flexibility index (Phi) is 6.03. The highest BCUT2D eigenvalue weighted by Crippen LogP contribution is 2.52. The second kappa shape index (κ2) is 7.91. The molecule has 2 aromatic rings. The van der Waals surface area contributed by atoms with Gasteiger partial charge in [0.25, 0.3) is 0 Å². The van der Waals surface area contributed by atoms with Crippen molar-refractivity contribution in [3.05, 3.63) is 57.6 Å². The van der Waals surface area contributed by atoms with Crippen molar-refractivity contribution in [2.45, 2.75) is 85.5 Å².